The van der Waals surface area contributed by atoms with E-state index < -0.39 is 67.7 Å². The fourth-order valence-corrected chi connectivity index (χ4v) is 6.58. The third-order valence-corrected chi connectivity index (χ3v) is 8.95. The highest BCUT2D eigenvalue weighted by Crippen LogP contribution is 2.43. The van der Waals surface area contributed by atoms with Gasteiger partial charge in [-0.1, -0.05) is 24.3 Å². The Balaban J connectivity index is 1.50. The largest absolute Gasteiger partial charge is 0.744 e. The zero-order valence-corrected chi connectivity index (χ0v) is 25.6. The van der Waals surface area contributed by atoms with Crippen molar-refractivity contribution in [3.63, 3.8) is 0 Å². The molecule has 2 fully saturated rings. The maximum absolute atomic E-state index is 15.2. The highest BCUT2D eigenvalue weighted by atomic mass is 32.2. The standard InChI is InChI=1S/C34H30F4O8S/c35-29-28(30(36)32(38)33(39)31(29)37)21-17-24(19-7-11-22(12-8-19)45-26-5-1-3-15-43-26)34(47(40,41)42)25(18-21)20-9-13-23(14-10-20)46-27-6-2-4-16-44-27/h7-14,17-18,26-27,39H,1-6,15-16H2,(H,40,41,42)/p-1. The molecule has 2 aliphatic heterocycles. The fraction of sp³-hybridized carbons (Fsp3) is 0.294. The minimum Gasteiger partial charge on any atom is -0.744 e. The number of phenols is 1. The van der Waals surface area contributed by atoms with Crippen molar-refractivity contribution in [2.24, 2.45) is 0 Å². The summed E-state index contributed by atoms with van der Waals surface area (Å²) in [5.41, 5.74) is -2.06. The maximum Gasteiger partial charge on any atom is 0.204 e. The van der Waals surface area contributed by atoms with Crippen molar-refractivity contribution in [3.8, 4) is 50.6 Å². The number of rotatable bonds is 8. The first-order chi connectivity index (χ1) is 22.5. The quantitative estimate of drug-likeness (QED) is 0.115. The average Bonchev–Trinajstić information content (AvgIpc) is 3.07. The summed E-state index contributed by atoms with van der Waals surface area (Å²) in [6.45, 7) is 1.08. The molecule has 47 heavy (non-hydrogen) atoms. The van der Waals surface area contributed by atoms with Crippen molar-refractivity contribution >= 4 is 10.1 Å². The van der Waals surface area contributed by atoms with Crippen molar-refractivity contribution in [2.45, 2.75) is 56.0 Å². The van der Waals surface area contributed by atoms with Crippen LogP contribution in [0.25, 0.3) is 33.4 Å². The first-order valence-electron chi connectivity index (χ1n) is 15.0. The number of aromatic hydroxyl groups is 1. The van der Waals surface area contributed by atoms with Gasteiger partial charge in [0.1, 0.15) is 21.6 Å². The number of hydrogen-bond acceptors (Lipinski definition) is 8. The maximum atomic E-state index is 15.2. The van der Waals surface area contributed by atoms with Crippen LogP contribution in [0, 0.1) is 23.3 Å². The molecule has 2 saturated heterocycles. The van der Waals surface area contributed by atoms with Crippen LogP contribution in [0.3, 0.4) is 0 Å². The van der Waals surface area contributed by atoms with E-state index in [1.807, 2.05) is 0 Å². The summed E-state index contributed by atoms with van der Waals surface area (Å²) in [6, 6.07) is 13.6. The highest BCUT2D eigenvalue weighted by molar-refractivity contribution is 7.86. The number of phenolic OH excluding ortho intramolecular Hbond substituents is 1. The molecule has 13 heteroatoms. The van der Waals surface area contributed by atoms with Gasteiger partial charge in [-0.25, -0.2) is 17.2 Å². The molecule has 0 amide bonds. The van der Waals surface area contributed by atoms with Crippen LogP contribution in [0.2, 0.25) is 0 Å². The van der Waals surface area contributed by atoms with Crippen LogP contribution in [-0.2, 0) is 19.6 Å². The third kappa shape index (κ3) is 6.93. The second-order valence-corrected chi connectivity index (χ2v) is 12.5. The molecular weight excluding hydrogens is 644 g/mol. The molecule has 2 unspecified atom stereocenters. The molecule has 4 aromatic rings. The molecule has 1 N–H and O–H groups in total. The van der Waals surface area contributed by atoms with Gasteiger partial charge in [0, 0.05) is 24.0 Å². The predicted octanol–water partition coefficient (Wildman–Crippen LogP) is 7.66. The molecule has 2 aliphatic rings. The molecule has 0 bridgehead atoms. The number of hydrogen-bond donors (Lipinski definition) is 1. The lowest BCUT2D eigenvalue weighted by atomic mass is 9.92. The molecule has 6 rings (SSSR count). The molecular formula is C34H29F4O8S-. The average molecular weight is 674 g/mol. The van der Waals surface area contributed by atoms with Crippen LogP contribution in [-0.4, -0.2) is 43.9 Å². The Morgan fingerprint density at radius 1 is 0.660 bits per heavy atom. The molecule has 0 aromatic heterocycles. The zero-order chi connectivity index (χ0) is 33.3. The van der Waals surface area contributed by atoms with E-state index in [0.717, 1.165) is 37.8 Å². The predicted molar refractivity (Wildman–Crippen MR) is 161 cm³/mol. The van der Waals surface area contributed by atoms with E-state index in [9.17, 15) is 26.9 Å². The number of benzene rings is 4. The summed E-state index contributed by atoms with van der Waals surface area (Å²) in [6.07, 6.45) is 4.01. The molecule has 0 radical (unpaired) electrons. The Labute approximate surface area is 268 Å². The first kappa shape index (κ1) is 32.8. The third-order valence-electron chi connectivity index (χ3n) is 8.01. The van der Waals surface area contributed by atoms with Crippen LogP contribution >= 0.6 is 0 Å². The monoisotopic (exact) mass is 673 g/mol. The lowest BCUT2D eigenvalue weighted by molar-refractivity contribution is -0.106. The summed E-state index contributed by atoms with van der Waals surface area (Å²) in [7, 11) is -5.30. The first-order valence-corrected chi connectivity index (χ1v) is 16.4. The summed E-state index contributed by atoms with van der Waals surface area (Å²) >= 11 is 0. The number of halogens is 4. The Hall–Kier alpha value is -4.17. The molecule has 2 heterocycles. The van der Waals surface area contributed by atoms with E-state index in [-0.39, 0.29) is 22.3 Å². The topological polar surface area (TPSA) is 114 Å². The van der Waals surface area contributed by atoms with Gasteiger partial charge in [-0.15, -0.1) is 0 Å². The van der Waals surface area contributed by atoms with E-state index in [0.29, 0.717) is 37.6 Å². The smallest absolute Gasteiger partial charge is 0.204 e. The van der Waals surface area contributed by atoms with Crippen LogP contribution in [0.5, 0.6) is 17.2 Å². The number of ether oxygens (including phenoxy) is 4. The van der Waals surface area contributed by atoms with Crippen LogP contribution in [0.15, 0.2) is 65.6 Å². The van der Waals surface area contributed by atoms with Gasteiger partial charge in [-0.2, -0.15) is 8.78 Å². The minimum atomic E-state index is -5.30. The Bertz CT molecular complexity index is 1760. The summed E-state index contributed by atoms with van der Waals surface area (Å²) in [4.78, 5) is -0.740. The Kier molecular flexibility index (Phi) is 9.42. The highest BCUT2D eigenvalue weighted by Gasteiger charge is 2.29. The van der Waals surface area contributed by atoms with Gasteiger partial charge < -0.3 is 28.6 Å². The molecule has 8 nitrogen and oxygen atoms in total. The zero-order valence-electron chi connectivity index (χ0n) is 24.8. The molecule has 4 aromatic carbocycles. The van der Waals surface area contributed by atoms with E-state index in [4.69, 9.17) is 18.9 Å². The van der Waals surface area contributed by atoms with Crippen molar-refractivity contribution in [2.75, 3.05) is 13.2 Å². The van der Waals surface area contributed by atoms with Gasteiger partial charge in [-0.05, 0) is 78.8 Å². The lowest BCUT2D eigenvalue weighted by Gasteiger charge is -2.24. The Morgan fingerprint density at radius 3 is 1.45 bits per heavy atom. The normalized spacial score (nSPS) is 18.6. The Morgan fingerprint density at radius 2 is 1.09 bits per heavy atom. The van der Waals surface area contributed by atoms with Crippen molar-refractivity contribution in [1.82, 2.24) is 0 Å². The van der Waals surface area contributed by atoms with Gasteiger partial charge in [0.15, 0.2) is 30.0 Å². The van der Waals surface area contributed by atoms with E-state index in [2.05, 4.69) is 0 Å². The lowest BCUT2D eigenvalue weighted by Crippen LogP contribution is -2.24. The molecule has 0 aliphatic carbocycles. The summed E-state index contributed by atoms with van der Waals surface area (Å²) < 4.78 is 121. The van der Waals surface area contributed by atoms with E-state index in [1.165, 1.54) is 48.5 Å². The minimum absolute atomic E-state index is 0.120. The molecule has 2 atom stereocenters. The van der Waals surface area contributed by atoms with Crippen LogP contribution in [0.1, 0.15) is 38.5 Å². The van der Waals surface area contributed by atoms with Gasteiger partial charge >= 0.3 is 0 Å². The molecule has 248 valence electrons. The van der Waals surface area contributed by atoms with Gasteiger partial charge in [0.25, 0.3) is 0 Å². The SMILES string of the molecule is O=S(=O)([O-])c1c(-c2ccc(OC3CCCCO3)cc2)cc(-c2c(F)c(F)c(O)c(F)c2F)cc1-c1ccc(OC2CCCCO2)cc1. The molecule has 0 spiro atoms. The molecule has 0 saturated carbocycles. The van der Waals surface area contributed by atoms with Crippen molar-refractivity contribution in [3.05, 3.63) is 83.9 Å². The van der Waals surface area contributed by atoms with E-state index in [1.54, 1.807) is 0 Å². The summed E-state index contributed by atoms with van der Waals surface area (Å²) in [5, 5.41) is 9.55. The van der Waals surface area contributed by atoms with E-state index >= 15 is 8.78 Å². The van der Waals surface area contributed by atoms with Gasteiger partial charge in [-0.3, -0.25) is 0 Å². The van der Waals surface area contributed by atoms with Crippen LogP contribution < -0.4 is 9.47 Å². The fourth-order valence-electron chi connectivity index (χ4n) is 5.68. The van der Waals surface area contributed by atoms with Crippen LogP contribution in [0.4, 0.5) is 17.6 Å². The van der Waals surface area contributed by atoms with Crippen molar-refractivity contribution < 1.29 is 54.6 Å². The summed E-state index contributed by atoms with van der Waals surface area (Å²) in [5.74, 6) is -9.01. The second kappa shape index (κ2) is 13.5. The van der Waals surface area contributed by atoms with Crippen molar-refractivity contribution in [1.29, 1.82) is 0 Å². The van der Waals surface area contributed by atoms with Gasteiger partial charge in [0.2, 0.25) is 11.6 Å². The second-order valence-electron chi connectivity index (χ2n) is 11.2. The van der Waals surface area contributed by atoms with Gasteiger partial charge in [0.05, 0.1) is 23.7 Å².